The van der Waals surface area contributed by atoms with Gasteiger partial charge < -0.3 is 5.11 Å². The highest BCUT2D eigenvalue weighted by Crippen LogP contribution is 2.23. The molecule has 1 aromatic rings. The predicted molar refractivity (Wildman–Crippen MR) is 93.4 cm³/mol. The topological polar surface area (TPSA) is 20.2 Å². The number of aliphatic hydroxyl groups is 1. The predicted octanol–water partition coefficient (Wildman–Crippen LogP) is 6.43. The average Bonchev–Trinajstić information content (AvgIpc) is 2.45. The van der Waals surface area contributed by atoms with E-state index in [9.17, 15) is 5.11 Å². The van der Waals surface area contributed by atoms with Gasteiger partial charge in [-0.3, -0.25) is 0 Å². The summed E-state index contributed by atoms with van der Waals surface area (Å²) in [5.74, 6) is 0. The van der Waals surface area contributed by atoms with Crippen LogP contribution in [-0.4, -0.2) is 11.2 Å². The minimum Gasteiger partial charge on any atom is -0.393 e. The molecule has 21 heavy (non-hydrogen) atoms. The van der Waals surface area contributed by atoms with Gasteiger partial charge in [-0.1, -0.05) is 87.6 Å². The van der Waals surface area contributed by atoms with Gasteiger partial charge >= 0.3 is 0 Å². The molecule has 0 amide bonds. The van der Waals surface area contributed by atoms with E-state index in [-0.39, 0.29) is 6.10 Å². The molecule has 0 fully saturated rings. The van der Waals surface area contributed by atoms with E-state index in [0.717, 1.165) is 18.4 Å². The van der Waals surface area contributed by atoms with Gasteiger partial charge in [0.05, 0.1) is 6.10 Å². The van der Waals surface area contributed by atoms with Crippen LogP contribution in [0.3, 0.4) is 0 Å². The molecule has 3 heteroatoms. The fourth-order valence-corrected chi connectivity index (χ4v) is 3.04. The molecule has 0 aliphatic carbocycles. The second-order valence-corrected chi connectivity index (χ2v) is 6.70. The fourth-order valence-electron chi connectivity index (χ4n) is 2.56. The average molecular weight is 331 g/mol. The summed E-state index contributed by atoms with van der Waals surface area (Å²) in [7, 11) is 0. The van der Waals surface area contributed by atoms with Crippen LogP contribution in [0.2, 0.25) is 10.0 Å². The van der Waals surface area contributed by atoms with Crippen molar-refractivity contribution in [1.29, 1.82) is 0 Å². The van der Waals surface area contributed by atoms with Gasteiger partial charge in [-0.2, -0.15) is 0 Å². The molecule has 0 aliphatic heterocycles. The van der Waals surface area contributed by atoms with Gasteiger partial charge in [-0.15, -0.1) is 0 Å². The zero-order valence-corrected chi connectivity index (χ0v) is 14.6. The highest BCUT2D eigenvalue weighted by atomic mass is 35.5. The Morgan fingerprint density at radius 2 is 1.57 bits per heavy atom. The van der Waals surface area contributed by atoms with Crippen molar-refractivity contribution in [3.63, 3.8) is 0 Å². The third-order valence-electron chi connectivity index (χ3n) is 3.86. The molecule has 120 valence electrons. The molecule has 0 radical (unpaired) electrons. The van der Waals surface area contributed by atoms with Crippen LogP contribution in [0.4, 0.5) is 0 Å². The second-order valence-electron chi connectivity index (χ2n) is 5.86. The molecular weight excluding hydrogens is 303 g/mol. The normalized spacial score (nSPS) is 12.6. The Balaban J connectivity index is 2.10. The van der Waals surface area contributed by atoms with E-state index in [1.54, 1.807) is 6.07 Å². The van der Waals surface area contributed by atoms with Crippen LogP contribution in [-0.2, 0) is 6.42 Å². The van der Waals surface area contributed by atoms with E-state index in [1.807, 2.05) is 12.1 Å². The third kappa shape index (κ3) is 8.70. The van der Waals surface area contributed by atoms with Crippen molar-refractivity contribution >= 4 is 23.2 Å². The molecule has 1 aromatic carbocycles. The monoisotopic (exact) mass is 330 g/mol. The van der Waals surface area contributed by atoms with Crippen molar-refractivity contribution in [2.75, 3.05) is 0 Å². The molecule has 1 nitrogen and oxygen atoms in total. The van der Waals surface area contributed by atoms with Gasteiger partial charge in [0.25, 0.3) is 0 Å². The molecule has 0 bridgehead atoms. The SMILES string of the molecule is CCCCCCCCCCC(O)Cc1ccc(Cl)cc1Cl. The number of hydrogen-bond donors (Lipinski definition) is 1. The molecule has 0 aromatic heterocycles. The lowest BCUT2D eigenvalue weighted by molar-refractivity contribution is 0.161. The van der Waals surface area contributed by atoms with E-state index in [4.69, 9.17) is 23.2 Å². The summed E-state index contributed by atoms with van der Waals surface area (Å²) in [6, 6.07) is 5.47. The second kappa shape index (κ2) is 11.3. The van der Waals surface area contributed by atoms with Crippen LogP contribution in [0.1, 0.15) is 70.3 Å². The first-order valence-electron chi connectivity index (χ1n) is 8.25. The van der Waals surface area contributed by atoms with Crippen molar-refractivity contribution in [2.45, 2.75) is 77.2 Å². The lowest BCUT2D eigenvalue weighted by Crippen LogP contribution is -2.10. The first kappa shape index (κ1) is 18.8. The van der Waals surface area contributed by atoms with Crippen molar-refractivity contribution in [3.05, 3.63) is 33.8 Å². The summed E-state index contributed by atoms with van der Waals surface area (Å²) in [4.78, 5) is 0. The third-order valence-corrected chi connectivity index (χ3v) is 4.45. The summed E-state index contributed by atoms with van der Waals surface area (Å²) < 4.78 is 0. The maximum Gasteiger partial charge on any atom is 0.0581 e. The summed E-state index contributed by atoms with van der Waals surface area (Å²) >= 11 is 12.0. The number of hydrogen-bond acceptors (Lipinski definition) is 1. The Hall–Kier alpha value is -0.240. The summed E-state index contributed by atoms with van der Waals surface area (Å²) in [5, 5.41) is 11.4. The molecule has 0 aliphatic rings. The van der Waals surface area contributed by atoms with Crippen LogP contribution in [0, 0.1) is 0 Å². The van der Waals surface area contributed by atoms with Gasteiger partial charge in [0.1, 0.15) is 0 Å². The zero-order valence-electron chi connectivity index (χ0n) is 13.1. The molecule has 0 saturated heterocycles. The minimum atomic E-state index is -0.302. The zero-order chi connectivity index (χ0) is 15.5. The van der Waals surface area contributed by atoms with Crippen LogP contribution >= 0.6 is 23.2 Å². The van der Waals surface area contributed by atoms with E-state index in [1.165, 1.54) is 44.9 Å². The van der Waals surface area contributed by atoms with Gasteiger partial charge in [0.15, 0.2) is 0 Å². The number of aliphatic hydroxyl groups excluding tert-OH is 1. The van der Waals surface area contributed by atoms with Crippen LogP contribution < -0.4 is 0 Å². The van der Waals surface area contributed by atoms with Crippen molar-refractivity contribution in [2.24, 2.45) is 0 Å². The van der Waals surface area contributed by atoms with E-state index in [2.05, 4.69) is 6.92 Å². The number of halogens is 2. The molecule has 1 atom stereocenters. The largest absolute Gasteiger partial charge is 0.393 e. The summed E-state index contributed by atoms with van der Waals surface area (Å²) in [6.07, 6.45) is 11.5. The summed E-state index contributed by atoms with van der Waals surface area (Å²) in [5.41, 5.74) is 0.980. The van der Waals surface area contributed by atoms with Gasteiger partial charge in [-0.25, -0.2) is 0 Å². The standard InChI is InChI=1S/C18H28Cl2O/c1-2-3-4-5-6-7-8-9-10-17(21)13-15-11-12-16(19)14-18(15)20/h11-12,14,17,21H,2-10,13H2,1H3. The van der Waals surface area contributed by atoms with Gasteiger partial charge in [0, 0.05) is 10.0 Å². The molecule has 1 unspecified atom stereocenters. The minimum absolute atomic E-state index is 0.302. The maximum atomic E-state index is 10.1. The fraction of sp³-hybridized carbons (Fsp3) is 0.667. The Labute approximate surface area is 139 Å². The molecule has 0 spiro atoms. The Bertz CT molecular complexity index is 393. The van der Waals surface area contributed by atoms with Crippen molar-refractivity contribution in [1.82, 2.24) is 0 Å². The highest BCUT2D eigenvalue weighted by molar-refractivity contribution is 6.35. The van der Waals surface area contributed by atoms with Crippen molar-refractivity contribution < 1.29 is 5.11 Å². The van der Waals surface area contributed by atoms with Crippen LogP contribution in [0.25, 0.3) is 0 Å². The van der Waals surface area contributed by atoms with Gasteiger partial charge in [0.2, 0.25) is 0 Å². The highest BCUT2D eigenvalue weighted by Gasteiger charge is 2.08. The quantitative estimate of drug-likeness (QED) is 0.463. The van der Waals surface area contributed by atoms with Crippen LogP contribution in [0.15, 0.2) is 18.2 Å². The van der Waals surface area contributed by atoms with E-state index < -0.39 is 0 Å². The molecule has 0 heterocycles. The molecule has 0 saturated carbocycles. The van der Waals surface area contributed by atoms with E-state index in [0.29, 0.717) is 16.5 Å². The number of rotatable bonds is 11. The Morgan fingerprint density at radius 3 is 2.19 bits per heavy atom. The molecule has 1 rings (SSSR count). The number of benzene rings is 1. The lowest BCUT2D eigenvalue weighted by atomic mass is 10.0. The maximum absolute atomic E-state index is 10.1. The van der Waals surface area contributed by atoms with Crippen LogP contribution in [0.5, 0.6) is 0 Å². The van der Waals surface area contributed by atoms with E-state index >= 15 is 0 Å². The first-order chi connectivity index (χ1) is 10.1. The summed E-state index contributed by atoms with van der Waals surface area (Å²) in [6.45, 7) is 2.24. The number of unbranched alkanes of at least 4 members (excludes halogenated alkanes) is 7. The Kier molecular flexibility index (Phi) is 10.2. The molecular formula is C18H28Cl2O. The van der Waals surface area contributed by atoms with Gasteiger partial charge in [-0.05, 0) is 30.5 Å². The smallest absolute Gasteiger partial charge is 0.0581 e. The molecule has 1 N–H and O–H groups in total. The first-order valence-corrected chi connectivity index (χ1v) is 9.01. The lowest BCUT2D eigenvalue weighted by Gasteiger charge is -2.12. The Morgan fingerprint density at radius 1 is 0.952 bits per heavy atom. The van der Waals surface area contributed by atoms with Crippen molar-refractivity contribution in [3.8, 4) is 0 Å².